The molecule has 0 saturated carbocycles. The SMILES string of the molecule is CNCCCC(=O)N1CCCC1C(=O)Nc1cc(Cl)cc(Cl)c1.Cl. The minimum atomic E-state index is -0.421. The Morgan fingerprint density at radius 1 is 1.25 bits per heavy atom. The number of nitrogens with one attached hydrogen (secondary N) is 2. The topological polar surface area (TPSA) is 61.4 Å². The fourth-order valence-corrected chi connectivity index (χ4v) is 3.28. The lowest BCUT2D eigenvalue weighted by molar-refractivity contribution is -0.136. The van der Waals surface area contributed by atoms with Gasteiger partial charge in [-0.15, -0.1) is 12.4 Å². The van der Waals surface area contributed by atoms with Crippen LogP contribution in [0.15, 0.2) is 18.2 Å². The largest absolute Gasteiger partial charge is 0.331 e. The Hall–Kier alpha value is -1.01. The minimum absolute atomic E-state index is 0. The Morgan fingerprint density at radius 3 is 2.54 bits per heavy atom. The van der Waals surface area contributed by atoms with Crippen LogP contribution in [0.4, 0.5) is 5.69 Å². The van der Waals surface area contributed by atoms with Gasteiger partial charge in [0.15, 0.2) is 0 Å². The number of benzene rings is 1. The summed E-state index contributed by atoms with van der Waals surface area (Å²) in [6.07, 6.45) is 2.74. The van der Waals surface area contributed by atoms with Gasteiger partial charge < -0.3 is 15.5 Å². The van der Waals surface area contributed by atoms with Crippen LogP contribution < -0.4 is 10.6 Å². The quantitative estimate of drug-likeness (QED) is 0.727. The van der Waals surface area contributed by atoms with E-state index in [4.69, 9.17) is 23.2 Å². The van der Waals surface area contributed by atoms with Crippen LogP contribution in [0.5, 0.6) is 0 Å². The van der Waals surface area contributed by atoms with Crippen LogP contribution in [0.1, 0.15) is 25.7 Å². The van der Waals surface area contributed by atoms with Crippen LogP contribution in [-0.2, 0) is 9.59 Å². The maximum Gasteiger partial charge on any atom is 0.247 e. The number of amides is 2. The highest BCUT2D eigenvalue weighted by Crippen LogP contribution is 2.24. The normalized spacial score (nSPS) is 16.6. The molecular formula is C16H22Cl3N3O2. The lowest BCUT2D eigenvalue weighted by Crippen LogP contribution is -2.43. The van der Waals surface area contributed by atoms with E-state index in [2.05, 4.69) is 10.6 Å². The van der Waals surface area contributed by atoms with Gasteiger partial charge in [0.2, 0.25) is 11.8 Å². The van der Waals surface area contributed by atoms with Crippen molar-refractivity contribution in [1.82, 2.24) is 10.2 Å². The highest BCUT2D eigenvalue weighted by Gasteiger charge is 2.33. The zero-order valence-electron chi connectivity index (χ0n) is 13.5. The third kappa shape index (κ3) is 5.81. The fourth-order valence-electron chi connectivity index (χ4n) is 2.75. The number of carbonyl (C=O) groups is 2. The molecule has 0 aliphatic carbocycles. The first-order valence-corrected chi connectivity index (χ1v) is 8.48. The molecule has 1 aliphatic heterocycles. The van der Waals surface area contributed by atoms with Gasteiger partial charge in [-0.2, -0.15) is 0 Å². The molecule has 1 heterocycles. The summed E-state index contributed by atoms with van der Waals surface area (Å²) in [6, 6.07) is 4.46. The highest BCUT2D eigenvalue weighted by atomic mass is 35.5. The first kappa shape index (κ1) is 21.0. The van der Waals surface area contributed by atoms with Crippen molar-refractivity contribution in [2.24, 2.45) is 0 Å². The monoisotopic (exact) mass is 393 g/mol. The highest BCUT2D eigenvalue weighted by molar-refractivity contribution is 6.35. The van der Waals surface area contributed by atoms with E-state index >= 15 is 0 Å². The summed E-state index contributed by atoms with van der Waals surface area (Å²) in [6.45, 7) is 1.42. The number of hydrogen-bond donors (Lipinski definition) is 2. The van der Waals surface area contributed by atoms with Crippen molar-refractivity contribution in [3.63, 3.8) is 0 Å². The van der Waals surface area contributed by atoms with Gasteiger partial charge in [-0.25, -0.2) is 0 Å². The summed E-state index contributed by atoms with van der Waals surface area (Å²) in [5.74, 6) is -0.162. The Bertz CT molecular complexity index is 563. The number of anilines is 1. The van der Waals surface area contributed by atoms with Crippen LogP contribution in [0, 0.1) is 0 Å². The van der Waals surface area contributed by atoms with Gasteiger partial charge in [0.1, 0.15) is 6.04 Å². The second kappa shape index (κ2) is 10.1. The summed E-state index contributed by atoms with van der Waals surface area (Å²) in [7, 11) is 1.85. The van der Waals surface area contributed by atoms with E-state index in [1.54, 1.807) is 23.1 Å². The molecular weight excluding hydrogens is 373 g/mol. The van der Waals surface area contributed by atoms with E-state index < -0.39 is 6.04 Å². The van der Waals surface area contributed by atoms with Gasteiger partial charge in [-0.1, -0.05) is 23.2 Å². The Morgan fingerprint density at radius 2 is 1.92 bits per heavy atom. The molecule has 0 aromatic heterocycles. The van der Waals surface area contributed by atoms with Gasteiger partial charge >= 0.3 is 0 Å². The van der Waals surface area contributed by atoms with Crippen molar-refractivity contribution >= 4 is 53.1 Å². The summed E-state index contributed by atoms with van der Waals surface area (Å²) >= 11 is 11.9. The molecule has 1 aromatic rings. The number of rotatable bonds is 6. The van der Waals surface area contributed by atoms with Crippen molar-refractivity contribution in [3.05, 3.63) is 28.2 Å². The Balaban J connectivity index is 0.00000288. The van der Waals surface area contributed by atoms with Gasteiger partial charge in [-0.05, 0) is 51.1 Å². The molecule has 2 N–H and O–H groups in total. The maximum atomic E-state index is 12.5. The summed E-state index contributed by atoms with van der Waals surface area (Å²) in [5, 5.41) is 6.73. The minimum Gasteiger partial charge on any atom is -0.331 e. The van der Waals surface area contributed by atoms with Crippen LogP contribution in [0.25, 0.3) is 0 Å². The van der Waals surface area contributed by atoms with Gasteiger partial charge in [0.05, 0.1) is 0 Å². The summed E-state index contributed by atoms with van der Waals surface area (Å²) < 4.78 is 0. The molecule has 1 fully saturated rings. The van der Waals surface area contributed by atoms with Gasteiger partial charge in [0.25, 0.3) is 0 Å². The predicted molar refractivity (Wildman–Crippen MR) is 100 cm³/mol. The molecule has 1 unspecified atom stereocenters. The zero-order chi connectivity index (χ0) is 16.8. The molecule has 134 valence electrons. The lowest BCUT2D eigenvalue weighted by Gasteiger charge is -2.24. The first-order valence-electron chi connectivity index (χ1n) is 7.72. The van der Waals surface area contributed by atoms with Crippen LogP contribution >= 0.6 is 35.6 Å². The van der Waals surface area contributed by atoms with Crippen LogP contribution in [0.3, 0.4) is 0 Å². The van der Waals surface area contributed by atoms with Gasteiger partial charge in [0, 0.05) is 28.7 Å². The average Bonchev–Trinajstić information content (AvgIpc) is 2.95. The number of carbonyl (C=O) groups excluding carboxylic acids is 2. The molecule has 0 radical (unpaired) electrons. The molecule has 5 nitrogen and oxygen atoms in total. The van der Waals surface area contributed by atoms with E-state index in [0.717, 1.165) is 19.4 Å². The van der Waals surface area contributed by atoms with E-state index in [9.17, 15) is 9.59 Å². The number of hydrogen-bond acceptors (Lipinski definition) is 3. The van der Waals surface area contributed by atoms with Crippen molar-refractivity contribution in [1.29, 1.82) is 0 Å². The molecule has 2 rings (SSSR count). The Labute approximate surface area is 158 Å². The van der Waals surface area contributed by atoms with Crippen LogP contribution in [0.2, 0.25) is 10.0 Å². The van der Waals surface area contributed by atoms with Crippen molar-refractivity contribution in [2.75, 3.05) is 25.5 Å². The molecule has 0 bridgehead atoms. The second-order valence-electron chi connectivity index (χ2n) is 5.60. The third-order valence-corrected chi connectivity index (χ3v) is 4.26. The predicted octanol–water partition coefficient (Wildman–Crippen LogP) is 3.34. The van der Waals surface area contributed by atoms with E-state index in [-0.39, 0.29) is 24.2 Å². The van der Waals surface area contributed by atoms with Crippen molar-refractivity contribution in [2.45, 2.75) is 31.7 Å². The molecule has 1 aromatic carbocycles. The number of nitrogens with zero attached hydrogens (tertiary/aromatic N) is 1. The van der Waals surface area contributed by atoms with E-state index in [0.29, 0.717) is 35.1 Å². The maximum absolute atomic E-state index is 12.5. The average molecular weight is 395 g/mol. The Kier molecular flexibility index (Phi) is 8.84. The van der Waals surface area contributed by atoms with Crippen molar-refractivity contribution in [3.8, 4) is 0 Å². The number of likely N-dealkylation sites (tertiary alicyclic amines) is 1. The van der Waals surface area contributed by atoms with Gasteiger partial charge in [-0.3, -0.25) is 9.59 Å². The second-order valence-corrected chi connectivity index (χ2v) is 6.47. The van der Waals surface area contributed by atoms with Crippen LogP contribution in [-0.4, -0.2) is 42.9 Å². The zero-order valence-corrected chi connectivity index (χ0v) is 15.8. The first-order chi connectivity index (χ1) is 11.0. The number of halogens is 3. The van der Waals surface area contributed by atoms with E-state index in [1.165, 1.54) is 0 Å². The molecule has 24 heavy (non-hydrogen) atoms. The third-order valence-electron chi connectivity index (χ3n) is 3.82. The molecule has 1 atom stereocenters. The smallest absolute Gasteiger partial charge is 0.247 e. The molecule has 1 saturated heterocycles. The summed E-state index contributed by atoms with van der Waals surface area (Å²) in [4.78, 5) is 26.4. The van der Waals surface area contributed by atoms with Crippen molar-refractivity contribution < 1.29 is 9.59 Å². The molecule has 2 amide bonds. The molecule has 1 aliphatic rings. The lowest BCUT2D eigenvalue weighted by atomic mass is 10.2. The molecule has 8 heteroatoms. The van der Waals surface area contributed by atoms with E-state index in [1.807, 2.05) is 7.05 Å². The standard InChI is InChI=1S/C16H21Cl2N3O2.ClH/c1-19-6-2-5-15(22)21-7-3-4-14(21)16(23)20-13-9-11(17)8-12(18)10-13;/h8-10,14,19H,2-7H2,1H3,(H,20,23);1H. The molecule has 0 spiro atoms. The summed E-state index contributed by atoms with van der Waals surface area (Å²) in [5.41, 5.74) is 0.544. The fraction of sp³-hybridized carbons (Fsp3) is 0.500.